The fourth-order valence-electron chi connectivity index (χ4n) is 2.03. The minimum atomic E-state index is 0.805. The zero-order chi connectivity index (χ0) is 14.1. The standard InChI is InChI=1S/C13H14BrN5S/c1-3-9-12(14)10(18(2)17-9)8-20-13-16-15-11-6-4-5-7-19(11)13/h4-7H,3,8H2,1-2H3. The lowest BCUT2D eigenvalue weighted by Crippen LogP contribution is -1.97. The average Bonchev–Trinajstić information content (AvgIpc) is 2.99. The molecule has 0 saturated carbocycles. The second-order valence-electron chi connectivity index (χ2n) is 4.38. The van der Waals surface area contributed by atoms with E-state index in [1.165, 1.54) is 5.69 Å². The summed E-state index contributed by atoms with van der Waals surface area (Å²) >= 11 is 5.30. The number of pyridine rings is 1. The van der Waals surface area contributed by atoms with Crippen LogP contribution in [-0.4, -0.2) is 24.4 Å². The van der Waals surface area contributed by atoms with Gasteiger partial charge < -0.3 is 0 Å². The summed E-state index contributed by atoms with van der Waals surface area (Å²) in [5, 5.41) is 13.8. The Morgan fingerprint density at radius 3 is 2.90 bits per heavy atom. The summed E-state index contributed by atoms with van der Waals surface area (Å²) < 4.78 is 5.03. The maximum atomic E-state index is 4.50. The molecule has 0 aromatic carbocycles. The Labute approximate surface area is 129 Å². The predicted octanol–water partition coefficient (Wildman–Crippen LogP) is 3.08. The number of rotatable bonds is 4. The third-order valence-electron chi connectivity index (χ3n) is 3.12. The van der Waals surface area contributed by atoms with Crippen LogP contribution in [-0.2, 0) is 19.2 Å². The fraction of sp³-hybridized carbons (Fsp3) is 0.308. The highest BCUT2D eigenvalue weighted by molar-refractivity contribution is 9.10. The van der Waals surface area contributed by atoms with Crippen LogP contribution in [0.15, 0.2) is 34.0 Å². The summed E-state index contributed by atoms with van der Waals surface area (Å²) in [5.41, 5.74) is 3.13. The van der Waals surface area contributed by atoms with Crippen molar-refractivity contribution in [3.63, 3.8) is 0 Å². The van der Waals surface area contributed by atoms with E-state index in [4.69, 9.17) is 0 Å². The molecule has 20 heavy (non-hydrogen) atoms. The van der Waals surface area contributed by atoms with E-state index in [9.17, 15) is 0 Å². The molecule has 0 saturated heterocycles. The van der Waals surface area contributed by atoms with Gasteiger partial charge >= 0.3 is 0 Å². The normalized spacial score (nSPS) is 11.3. The lowest BCUT2D eigenvalue weighted by Gasteiger charge is -2.02. The van der Waals surface area contributed by atoms with Gasteiger partial charge in [0, 0.05) is 19.0 Å². The predicted molar refractivity (Wildman–Crippen MR) is 82.8 cm³/mol. The van der Waals surface area contributed by atoms with Crippen LogP contribution in [0.4, 0.5) is 0 Å². The zero-order valence-corrected chi connectivity index (χ0v) is 13.6. The maximum absolute atomic E-state index is 4.50. The fourth-order valence-corrected chi connectivity index (χ4v) is 3.96. The quantitative estimate of drug-likeness (QED) is 0.677. The molecule has 0 aliphatic rings. The molecule has 3 aromatic heterocycles. The number of nitrogens with zero attached hydrogens (tertiary/aromatic N) is 5. The van der Waals surface area contributed by atoms with Crippen molar-refractivity contribution >= 4 is 33.3 Å². The maximum Gasteiger partial charge on any atom is 0.195 e. The lowest BCUT2D eigenvalue weighted by atomic mass is 10.3. The zero-order valence-electron chi connectivity index (χ0n) is 11.2. The number of aromatic nitrogens is 5. The lowest BCUT2D eigenvalue weighted by molar-refractivity contribution is 0.719. The Morgan fingerprint density at radius 1 is 1.30 bits per heavy atom. The van der Waals surface area contributed by atoms with Crippen LogP contribution in [0.3, 0.4) is 0 Å². The van der Waals surface area contributed by atoms with E-state index in [-0.39, 0.29) is 0 Å². The second kappa shape index (κ2) is 5.57. The Kier molecular flexibility index (Phi) is 3.80. The highest BCUT2D eigenvalue weighted by atomic mass is 79.9. The number of aryl methyl sites for hydroxylation is 2. The van der Waals surface area contributed by atoms with E-state index in [2.05, 4.69) is 38.1 Å². The van der Waals surface area contributed by atoms with Crippen molar-refractivity contribution in [2.24, 2.45) is 7.05 Å². The first kappa shape index (κ1) is 13.6. The summed E-state index contributed by atoms with van der Waals surface area (Å²) in [6.45, 7) is 2.11. The van der Waals surface area contributed by atoms with Crippen molar-refractivity contribution in [3.05, 3.63) is 40.3 Å². The van der Waals surface area contributed by atoms with Crippen molar-refractivity contribution in [1.82, 2.24) is 24.4 Å². The van der Waals surface area contributed by atoms with Gasteiger partial charge in [0.25, 0.3) is 0 Å². The van der Waals surface area contributed by atoms with Crippen molar-refractivity contribution in [3.8, 4) is 0 Å². The first-order valence-electron chi connectivity index (χ1n) is 6.33. The number of halogens is 1. The van der Waals surface area contributed by atoms with Crippen LogP contribution in [0.1, 0.15) is 18.3 Å². The van der Waals surface area contributed by atoms with Gasteiger partial charge in [-0.1, -0.05) is 24.8 Å². The van der Waals surface area contributed by atoms with E-state index >= 15 is 0 Å². The van der Waals surface area contributed by atoms with E-state index in [1.54, 1.807) is 11.8 Å². The van der Waals surface area contributed by atoms with Gasteiger partial charge in [-0.2, -0.15) is 5.10 Å². The molecule has 0 fully saturated rings. The van der Waals surface area contributed by atoms with Crippen molar-refractivity contribution < 1.29 is 0 Å². The average molecular weight is 352 g/mol. The summed E-state index contributed by atoms with van der Waals surface area (Å²) in [4.78, 5) is 0. The van der Waals surface area contributed by atoms with E-state index < -0.39 is 0 Å². The van der Waals surface area contributed by atoms with Gasteiger partial charge in [0.15, 0.2) is 10.8 Å². The summed E-state index contributed by atoms with van der Waals surface area (Å²) in [7, 11) is 1.97. The monoisotopic (exact) mass is 351 g/mol. The minimum absolute atomic E-state index is 0.805. The van der Waals surface area contributed by atoms with Crippen LogP contribution in [0.25, 0.3) is 5.65 Å². The summed E-state index contributed by atoms with van der Waals surface area (Å²) in [5.74, 6) is 0.805. The summed E-state index contributed by atoms with van der Waals surface area (Å²) in [6.07, 6.45) is 2.90. The summed E-state index contributed by atoms with van der Waals surface area (Å²) in [6, 6.07) is 5.89. The molecule has 5 nitrogen and oxygen atoms in total. The third kappa shape index (κ3) is 2.35. The molecule has 0 bridgehead atoms. The topological polar surface area (TPSA) is 48.0 Å². The Hall–Kier alpha value is -1.34. The van der Waals surface area contributed by atoms with Crippen molar-refractivity contribution in [1.29, 1.82) is 0 Å². The van der Waals surface area contributed by atoms with E-state index in [0.717, 1.165) is 33.1 Å². The van der Waals surface area contributed by atoms with Gasteiger partial charge in [0.2, 0.25) is 0 Å². The molecule has 3 heterocycles. The number of hydrogen-bond acceptors (Lipinski definition) is 4. The second-order valence-corrected chi connectivity index (χ2v) is 6.12. The highest BCUT2D eigenvalue weighted by Gasteiger charge is 2.14. The highest BCUT2D eigenvalue weighted by Crippen LogP contribution is 2.28. The first-order chi connectivity index (χ1) is 9.70. The van der Waals surface area contributed by atoms with Gasteiger partial charge in [-0.3, -0.25) is 9.08 Å². The van der Waals surface area contributed by atoms with Gasteiger partial charge in [-0.15, -0.1) is 10.2 Å². The molecule has 0 aliphatic heterocycles. The molecule has 0 aliphatic carbocycles. The molecule has 0 atom stereocenters. The number of thioether (sulfide) groups is 1. The van der Waals surface area contributed by atoms with Crippen LogP contribution in [0.2, 0.25) is 0 Å². The molecular weight excluding hydrogens is 338 g/mol. The van der Waals surface area contributed by atoms with Crippen molar-refractivity contribution in [2.45, 2.75) is 24.3 Å². The van der Waals surface area contributed by atoms with Crippen LogP contribution < -0.4 is 0 Å². The molecule has 0 radical (unpaired) electrons. The smallest absolute Gasteiger partial charge is 0.195 e. The SMILES string of the molecule is CCc1nn(C)c(CSc2nnc3ccccn23)c1Br. The van der Waals surface area contributed by atoms with E-state index in [1.807, 2.05) is 40.5 Å². The Balaban J connectivity index is 1.85. The number of fused-ring (bicyclic) bond motifs is 1. The van der Waals surface area contributed by atoms with Crippen LogP contribution >= 0.6 is 27.7 Å². The van der Waals surface area contributed by atoms with Crippen LogP contribution in [0.5, 0.6) is 0 Å². The van der Waals surface area contributed by atoms with Gasteiger partial charge in [-0.25, -0.2) is 0 Å². The van der Waals surface area contributed by atoms with Gasteiger partial charge in [0.1, 0.15) is 0 Å². The molecule has 3 aromatic rings. The van der Waals surface area contributed by atoms with Gasteiger partial charge in [-0.05, 0) is 34.5 Å². The van der Waals surface area contributed by atoms with Crippen LogP contribution in [0, 0.1) is 0 Å². The largest absolute Gasteiger partial charge is 0.277 e. The van der Waals surface area contributed by atoms with Crippen molar-refractivity contribution in [2.75, 3.05) is 0 Å². The Morgan fingerprint density at radius 2 is 2.15 bits per heavy atom. The molecule has 7 heteroatoms. The molecule has 104 valence electrons. The molecule has 0 spiro atoms. The van der Waals surface area contributed by atoms with Gasteiger partial charge in [0.05, 0.1) is 15.9 Å². The molecule has 3 rings (SSSR count). The minimum Gasteiger partial charge on any atom is -0.277 e. The Bertz CT molecular complexity index is 748. The number of hydrogen-bond donors (Lipinski definition) is 0. The first-order valence-corrected chi connectivity index (χ1v) is 8.11. The third-order valence-corrected chi connectivity index (χ3v) is 4.99. The molecule has 0 amide bonds. The van der Waals surface area contributed by atoms with E-state index in [0.29, 0.717) is 0 Å². The molecular formula is C13H14BrN5S. The molecule has 0 N–H and O–H groups in total. The molecule has 0 unspecified atom stereocenters.